The lowest BCUT2D eigenvalue weighted by Crippen LogP contribution is -2.00. The number of hydrogen-bond donors (Lipinski definition) is 2. The van der Waals surface area contributed by atoms with E-state index in [0.717, 1.165) is 22.4 Å². The smallest absolute Gasteiger partial charge is 0.203 e. The highest BCUT2D eigenvalue weighted by molar-refractivity contribution is 5.80. The van der Waals surface area contributed by atoms with Crippen molar-refractivity contribution in [3.05, 3.63) is 60.4 Å². The van der Waals surface area contributed by atoms with Gasteiger partial charge in [0.05, 0.1) is 34.1 Å². The molecule has 4 rings (SSSR count). The molecule has 2 aromatic carbocycles. The Labute approximate surface area is 173 Å². The van der Waals surface area contributed by atoms with Crippen LogP contribution in [0.1, 0.15) is 5.56 Å². The van der Waals surface area contributed by atoms with Gasteiger partial charge in [-0.2, -0.15) is 5.10 Å². The third-order valence-corrected chi connectivity index (χ3v) is 4.78. The fraction of sp³-hybridized carbons (Fsp3) is 0.182. The first-order valence-corrected chi connectivity index (χ1v) is 9.29. The van der Waals surface area contributed by atoms with Crippen molar-refractivity contribution < 1.29 is 19.3 Å². The van der Waals surface area contributed by atoms with E-state index in [1.165, 1.54) is 0 Å². The molecule has 0 aliphatic carbocycles. The van der Waals surface area contributed by atoms with Crippen LogP contribution in [0.5, 0.6) is 17.2 Å². The van der Waals surface area contributed by atoms with Gasteiger partial charge in [0, 0.05) is 29.6 Å². The van der Waals surface area contributed by atoms with Gasteiger partial charge in [0.25, 0.3) is 0 Å². The Balaban J connectivity index is 1.75. The molecule has 154 valence electrons. The number of benzene rings is 2. The molecular formula is C22H22N4O4. The number of aromatic nitrogens is 3. The highest BCUT2D eigenvalue weighted by atomic mass is 16.5. The Hall–Kier alpha value is -3.78. The first-order valence-electron chi connectivity index (χ1n) is 9.29. The predicted molar refractivity (Wildman–Crippen MR) is 114 cm³/mol. The van der Waals surface area contributed by atoms with Gasteiger partial charge < -0.3 is 24.6 Å². The van der Waals surface area contributed by atoms with Crippen LogP contribution in [0.2, 0.25) is 0 Å². The maximum Gasteiger partial charge on any atom is 0.203 e. The summed E-state index contributed by atoms with van der Waals surface area (Å²) in [6.45, 7) is -0.0586. The number of methoxy groups -OCH3 is 3. The van der Waals surface area contributed by atoms with E-state index in [2.05, 4.69) is 10.4 Å². The molecule has 2 heterocycles. The van der Waals surface area contributed by atoms with Gasteiger partial charge in [-0.05, 0) is 17.2 Å². The average molecular weight is 406 g/mol. The van der Waals surface area contributed by atoms with Crippen molar-refractivity contribution in [1.82, 2.24) is 14.6 Å². The summed E-state index contributed by atoms with van der Waals surface area (Å²) in [5, 5.41) is 17.3. The largest absolute Gasteiger partial charge is 0.493 e. The summed E-state index contributed by atoms with van der Waals surface area (Å²) in [5.74, 6) is 2.23. The van der Waals surface area contributed by atoms with Crippen molar-refractivity contribution in [3.63, 3.8) is 0 Å². The summed E-state index contributed by atoms with van der Waals surface area (Å²) in [5.41, 5.74) is 3.96. The average Bonchev–Trinajstić information content (AvgIpc) is 3.21. The highest BCUT2D eigenvalue weighted by Crippen LogP contribution is 2.40. The summed E-state index contributed by atoms with van der Waals surface area (Å²) in [4.78, 5) is 4.73. The van der Waals surface area contributed by atoms with Gasteiger partial charge in [-0.1, -0.05) is 24.3 Å². The lowest BCUT2D eigenvalue weighted by molar-refractivity contribution is 0.282. The number of rotatable bonds is 7. The maximum atomic E-state index is 9.69. The van der Waals surface area contributed by atoms with Gasteiger partial charge in [0.2, 0.25) is 5.75 Å². The lowest BCUT2D eigenvalue weighted by Gasteiger charge is -2.15. The third kappa shape index (κ3) is 3.48. The van der Waals surface area contributed by atoms with E-state index in [0.29, 0.717) is 28.7 Å². The number of anilines is 2. The number of fused-ring (bicyclic) bond motifs is 1. The number of aliphatic hydroxyl groups excluding tert-OH is 1. The fourth-order valence-corrected chi connectivity index (χ4v) is 3.35. The van der Waals surface area contributed by atoms with Crippen LogP contribution in [0, 0.1) is 0 Å². The molecule has 2 aromatic heterocycles. The molecular weight excluding hydrogens is 384 g/mol. The number of nitrogens with zero attached hydrogens (tertiary/aromatic N) is 3. The van der Waals surface area contributed by atoms with Crippen LogP contribution in [0.4, 0.5) is 11.5 Å². The van der Waals surface area contributed by atoms with E-state index in [9.17, 15) is 5.11 Å². The van der Waals surface area contributed by atoms with Crippen LogP contribution in [0.25, 0.3) is 16.8 Å². The Morgan fingerprint density at radius 2 is 1.70 bits per heavy atom. The standard InChI is InChI=1S/C22H22N4O4/c1-28-18-10-15(11-19(29-2)21(18)30-3)24-20-8-9-26-22(25-20)17(12-23-26)16-7-5-4-6-14(16)13-27/h4-12,27H,13H2,1-3H3,(H,24,25). The fourth-order valence-electron chi connectivity index (χ4n) is 3.35. The topological polar surface area (TPSA) is 90.1 Å². The monoisotopic (exact) mass is 406 g/mol. The molecule has 0 bridgehead atoms. The van der Waals surface area contributed by atoms with Gasteiger partial charge >= 0.3 is 0 Å². The summed E-state index contributed by atoms with van der Waals surface area (Å²) in [6.07, 6.45) is 3.58. The van der Waals surface area contributed by atoms with E-state index in [4.69, 9.17) is 19.2 Å². The summed E-state index contributed by atoms with van der Waals surface area (Å²) < 4.78 is 17.9. The predicted octanol–water partition coefficient (Wildman–Crippen LogP) is 3.66. The number of nitrogens with one attached hydrogen (secondary N) is 1. The minimum absolute atomic E-state index is 0.0586. The molecule has 0 radical (unpaired) electrons. The highest BCUT2D eigenvalue weighted by Gasteiger charge is 2.15. The van der Waals surface area contributed by atoms with Crippen molar-refractivity contribution in [3.8, 4) is 28.4 Å². The Morgan fingerprint density at radius 1 is 0.967 bits per heavy atom. The van der Waals surface area contributed by atoms with Crippen LogP contribution in [-0.2, 0) is 6.61 Å². The Bertz CT molecular complexity index is 1160. The van der Waals surface area contributed by atoms with E-state index in [1.54, 1.807) is 32.0 Å². The SMILES string of the molecule is COc1cc(Nc2ccn3ncc(-c4ccccc4CO)c3n2)cc(OC)c1OC. The van der Waals surface area contributed by atoms with E-state index in [-0.39, 0.29) is 6.61 Å². The van der Waals surface area contributed by atoms with Crippen LogP contribution in [0.15, 0.2) is 54.9 Å². The van der Waals surface area contributed by atoms with Gasteiger partial charge in [-0.3, -0.25) is 0 Å². The molecule has 8 heteroatoms. The lowest BCUT2D eigenvalue weighted by atomic mass is 10.0. The first-order chi connectivity index (χ1) is 14.7. The van der Waals surface area contributed by atoms with Gasteiger partial charge in [0.1, 0.15) is 5.82 Å². The second kappa shape index (κ2) is 8.30. The van der Waals surface area contributed by atoms with Gasteiger partial charge in [0.15, 0.2) is 17.1 Å². The zero-order chi connectivity index (χ0) is 21.1. The molecule has 0 aliphatic heterocycles. The third-order valence-electron chi connectivity index (χ3n) is 4.78. The van der Waals surface area contributed by atoms with Crippen molar-refractivity contribution in [2.24, 2.45) is 0 Å². The second-order valence-electron chi connectivity index (χ2n) is 6.49. The second-order valence-corrected chi connectivity index (χ2v) is 6.49. The number of ether oxygens (including phenoxy) is 3. The van der Waals surface area contributed by atoms with E-state index in [1.807, 2.05) is 48.7 Å². The molecule has 0 saturated heterocycles. The van der Waals surface area contributed by atoms with Crippen molar-refractivity contribution in [2.45, 2.75) is 6.61 Å². The Kier molecular flexibility index (Phi) is 5.40. The van der Waals surface area contributed by atoms with Crippen molar-refractivity contribution in [2.75, 3.05) is 26.6 Å². The molecule has 0 unspecified atom stereocenters. The molecule has 0 aliphatic rings. The Morgan fingerprint density at radius 3 is 2.37 bits per heavy atom. The normalized spacial score (nSPS) is 10.8. The molecule has 4 aromatic rings. The first kappa shape index (κ1) is 19.5. The van der Waals surface area contributed by atoms with Crippen LogP contribution >= 0.6 is 0 Å². The minimum Gasteiger partial charge on any atom is -0.493 e. The molecule has 0 atom stereocenters. The van der Waals surface area contributed by atoms with E-state index < -0.39 is 0 Å². The molecule has 0 fully saturated rings. The number of aliphatic hydroxyl groups is 1. The summed E-state index contributed by atoms with van der Waals surface area (Å²) in [7, 11) is 4.71. The van der Waals surface area contributed by atoms with Crippen LogP contribution in [0.3, 0.4) is 0 Å². The van der Waals surface area contributed by atoms with Gasteiger partial charge in [-0.25, -0.2) is 9.50 Å². The molecule has 0 spiro atoms. The molecule has 0 amide bonds. The molecule has 2 N–H and O–H groups in total. The maximum absolute atomic E-state index is 9.69. The van der Waals surface area contributed by atoms with Crippen LogP contribution in [-0.4, -0.2) is 41.0 Å². The summed E-state index contributed by atoms with van der Waals surface area (Å²) in [6, 6.07) is 13.1. The zero-order valence-electron chi connectivity index (χ0n) is 16.9. The molecule has 0 saturated carbocycles. The van der Waals surface area contributed by atoms with Crippen molar-refractivity contribution >= 4 is 17.2 Å². The van der Waals surface area contributed by atoms with Gasteiger partial charge in [-0.15, -0.1) is 0 Å². The van der Waals surface area contributed by atoms with E-state index >= 15 is 0 Å². The quantitative estimate of drug-likeness (QED) is 0.484. The van der Waals surface area contributed by atoms with Crippen molar-refractivity contribution in [1.29, 1.82) is 0 Å². The minimum atomic E-state index is -0.0586. The van der Waals surface area contributed by atoms with Crippen LogP contribution < -0.4 is 19.5 Å². The molecule has 30 heavy (non-hydrogen) atoms. The number of hydrogen-bond acceptors (Lipinski definition) is 7. The summed E-state index contributed by atoms with van der Waals surface area (Å²) >= 11 is 0. The molecule has 8 nitrogen and oxygen atoms in total. The zero-order valence-corrected chi connectivity index (χ0v) is 16.9.